The Balaban J connectivity index is 2.69. The standard InChI is InChI=1S/C24H51N3O6S6/c1-22(2,3)37(28,34)31-16-10-13-25-19-26(14-11-17-32-38(29,35)23(4,5)6)21-27(20-25)15-12-18-33-39(30,36)24(7,8)9/h10-21H2,1-9H3. The third-order valence-electron chi connectivity index (χ3n) is 6.02. The first-order valence-electron chi connectivity index (χ1n) is 13.3. The summed E-state index contributed by atoms with van der Waals surface area (Å²) in [5.41, 5.74) is 0. The highest BCUT2D eigenvalue weighted by atomic mass is 32.9. The average molecular weight is 670 g/mol. The van der Waals surface area contributed by atoms with Crippen molar-refractivity contribution in [2.75, 3.05) is 59.5 Å². The predicted octanol–water partition coefficient (Wildman–Crippen LogP) is 3.38. The minimum absolute atomic E-state index is 0.331. The van der Waals surface area contributed by atoms with Gasteiger partial charge in [0.1, 0.15) is 26.3 Å². The maximum absolute atomic E-state index is 12.6. The third-order valence-corrected chi connectivity index (χ3v) is 17.3. The quantitative estimate of drug-likeness (QED) is 0.240. The smallest absolute Gasteiger partial charge is 0.149 e. The first-order chi connectivity index (χ1) is 17.5. The van der Waals surface area contributed by atoms with Gasteiger partial charge in [-0.15, -0.1) is 0 Å². The second-order valence-corrected chi connectivity index (χ2v) is 23.9. The van der Waals surface area contributed by atoms with Crippen LogP contribution in [0.25, 0.3) is 0 Å². The van der Waals surface area contributed by atoms with Crippen LogP contribution >= 0.6 is 0 Å². The molecule has 1 heterocycles. The maximum atomic E-state index is 12.6. The Morgan fingerprint density at radius 2 is 0.718 bits per heavy atom. The molecule has 0 aromatic carbocycles. The number of nitrogens with zero attached hydrogens (tertiary/aromatic N) is 3. The van der Waals surface area contributed by atoms with Gasteiger partial charge in [0.2, 0.25) is 0 Å². The minimum atomic E-state index is -2.80. The van der Waals surface area contributed by atoms with Crippen molar-refractivity contribution in [3.63, 3.8) is 0 Å². The number of rotatable bonds is 15. The molecule has 0 aromatic rings. The van der Waals surface area contributed by atoms with Crippen LogP contribution in [0.1, 0.15) is 81.6 Å². The summed E-state index contributed by atoms with van der Waals surface area (Å²) < 4.78 is 52.8. The topological polar surface area (TPSA) is 88.6 Å². The molecule has 15 heteroatoms. The summed E-state index contributed by atoms with van der Waals surface area (Å²) in [6.07, 6.45) is 2.10. The van der Waals surface area contributed by atoms with Crippen LogP contribution in [-0.4, -0.2) is 101 Å². The van der Waals surface area contributed by atoms with Gasteiger partial charge in [0, 0.05) is 53.2 Å². The second-order valence-electron chi connectivity index (χ2n) is 12.8. The van der Waals surface area contributed by atoms with Gasteiger partial charge in [-0.2, -0.15) is 0 Å². The van der Waals surface area contributed by atoms with Crippen LogP contribution in [0.3, 0.4) is 0 Å². The highest BCUT2D eigenvalue weighted by Crippen LogP contribution is 2.20. The molecule has 3 atom stereocenters. The molecule has 39 heavy (non-hydrogen) atoms. The normalized spacial score (nSPS) is 21.8. The Morgan fingerprint density at radius 3 is 0.897 bits per heavy atom. The van der Waals surface area contributed by atoms with Crippen LogP contribution in [0.2, 0.25) is 0 Å². The van der Waals surface area contributed by atoms with Gasteiger partial charge in [0.05, 0.1) is 54.1 Å². The molecule has 1 saturated heterocycles. The lowest BCUT2D eigenvalue weighted by Gasteiger charge is -2.42. The molecule has 3 unspecified atom stereocenters. The molecule has 0 aliphatic carbocycles. The second kappa shape index (κ2) is 15.0. The molecule has 0 radical (unpaired) electrons. The van der Waals surface area contributed by atoms with E-state index in [9.17, 15) is 12.6 Å². The fraction of sp³-hybridized carbons (Fsp3) is 1.00. The number of hydrogen-bond donors (Lipinski definition) is 0. The largest absolute Gasteiger partial charge is 0.290 e. The van der Waals surface area contributed by atoms with Crippen molar-refractivity contribution < 1.29 is 25.2 Å². The molecular formula is C24H51N3O6S6. The van der Waals surface area contributed by atoms with Gasteiger partial charge in [0.25, 0.3) is 0 Å². The lowest BCUT2D eigenvalue weighted by molar-refractivity contribution is -0.0335. The minimum Gasteiger partial charge on any atom is -0.290 e. The van der Waals surface area contributed by atoms with Crippen molar-refractivity contribution in [3.8, 4) is 0 Å². The zero-order chi connectivity index (χ0) is 30.3. The molecule has 234 valence electrons. The van der Waals surface area contributed by atoms with Gasteiger partial charge in [-0.25, -0.2) is 12.6 Å². The van der Waals surface area contributed by atoms with Gasteiger partial charge < -0.3 is 0 Å². The Labute approximate surface area is 253 Å². The summed E-state index contributed by atoms with van der Waals surface area (Å²) in [5.74, 6) is 0. The van der Waals surface area contributed by atoms with Gasteiger partial charge >= 0.3 is 0 Å². The highest BCUT2D eigenvalue weighted by Gasteiger charge is 2.29. The van der Waals surface area contributed by atoms with Crippen molar-refractivity contribution in [1.29, 1.82) is 0 Å². The van der Waals surface area contributed by atoms with Crippen LogP contribution in [0, 0.1) is 0 Å². The van der Waals surface area contributed by atoms with Crippen LogP contribution in [0.5, 0.6) is 0 Å². The summed E-state index contributed by atoms with van der Waals surface area (Å²) in [6.45, 7) is 22.0. The van der Waals surface area contributed by atoms with Crippen molar-refractivity contribution in [3.05, 3.63) is 0 Å². The first kappa shape index (κ1) is 37.9. The van der Waals surface area contributed by atoms with E-state index in [1.165, 1.54) is 0 Å². The van der Waals surface area contributed by atoms with E-state index >= 15 is 0 Å². The van der Waals surface area contributed by atoms with Crippen molar-refractivity contribution in [2.24, 2.45) is 0 Å². The van der Waals surface area contributed by atoms with E-state index in [0.29, 0.717) is 39.1 Å². The summed E-state index contributed by atoms with van der Waals surface area (Å²) in [7, 11) is -8.39. The zero-order valence-electron chi connectivity index (χ0n) is 25.2. The van der Waals surface area contributed by atoms with Crippen LogP contribution in [-0.2, 0) is 72.4 Å². The molecule has 1 aliphatic rings. The van der Waals surface area contributed by atoms with Crippen LogP contribution < -0.4 is 0 Å². The predicted molar refractivity (Wildman–Crippen MR) is 172 cm³/mol. The Hall–Kier alpha value is 0.870. The van der Waals surface area contributed by atoms with Crippen molar-refractivity contribution >= 4 is 59.9 Å². The third kappa shape index (κ3) is 13.0. The lowest BCUT2D eigenvalue weighted by Crippen LogP contribution is -2.55. The average Bonchev–Trinajstić information content (AvgIpc) is 2.75. The molecule has 0 aromatic heterocycles. The molecule has 0 saturated carbocycles. The van der Waals surface area contributed by atoms with Crippen LogP contribution in [0.15, 0.2) is 0 Å². The van der Waals surface area contributed by atoms with Crippen molar-refractivity contribution in [2.45, 2.75) is 95.8 Å². The highest BCUT2D eigenvalue weighted by molar-refractivity contribution is 8.31. The molecule has 0 bridgehead atoms. The molecule has 0 spiro atoms. The molecule has 1 fully saturated rings. The van der Waals surface area contributed by atoms with E-state index in [1.54, 1.807) is 0 Å². The van der Waals surface area contributed by atoms with E-state index < -0.39 is 40.6 Å². The van der Waals surface area contributed by atoms with Crippen molar-refractivity contribution in [1.82, 2.24) is 14.7 Å². The molecular weight excluding hydrogens is 619 g/mol. The molecule has 0 amide bonds. The van der Waals surface area contributed by atoms with E-state index in [4.69, 9.17) is 46.1 Å². The molecule has 9 nitrogen and oxygen atoms in total. The van der Waals surface area contributed by atoms with E-state index in [1.807, 2.05) is 62.3 Å². The van der Waals surface area contributed by atoms with Gasteiger partial charge in [-0.3, -0.25) is 27.2 Å². The van der Waals surface area contributed by atoms with E-state index in [0.717, 1.165) is 39.6 Å². The zero-order valence-corrected chi connectivity index (χ0v) is 30.1. The Bertz CT molecular complexity index is 931. The summed E-state index contributed by atoms with van der Waals surface area (Å²) >= 11 is 15.6. The van der Waals surface area contributed by atoms with E-state index in [-0.39, 0.29) is 0 Å². The summed E-state index contributed by atoms with van der Waals surface area (Å²) in [5, 5.41) is 0. The van der Waals surface area contributed by atoms with Gasteiger partial charge in [0.15, 0.2) is 0 Å². The number of hydrogen-bond acceptors (Lipinski definition) is 12. The maximum Gasteiger partial charge on any atom is 0.149 e. The molecule has 0 N–H and O–H groups in total. The molecule has 1 rings (SSSR count). The fourth-order valence-corrected chi connectivity index (χ4v) is 5.99. The van der Waals surface area contributed by atoms with Gasteiger partial charge in [-0.05, 0) is 81.6 Å². The van der Waals surface area contributed by atoms with E-state index in [2.05, 4.69) is 14.7 Å². The van der Waals surface area contributed by atoms with Gasteiger partial charge in [-0.1, -0.05) is 0 Å². The van der Waals surface area contributed by atoms with Crippen LogP contribution in [0.4, 0.5) is 0 Å². The summed E-state index contributed by atoms with van der Waals surface area (Å²) in [4.78, 5) is 6.90. The fourth-order valence-electron chi connectivity index (χ4n) is 3.31. The first-order valence-corrected chi connectivity index (χ1v) is 20.5. The Morgan fingerprint density at radius 1 is 0.513 bits per heavy atom. The summed E-state index contributed by atoms with van der Waals surface area (Å²) in [6, 6.07) is 0. The Kier molecular flexibility index (Phi) is 14.6. The lowest BCUT2D eigenvalue weighted by atomic mass is 10.3. The molecule has 1 aliphatic heterocycles. The monoisotopic (exact) mass is 669 g/mol. The SMILES string of the molecule is CC(C)(C)S(=O)(=S)OCCCN1CN(CCCOS(=O)(=S)C(C)(C)C)CN(CCCOS(=O)(=S)C(C)(C)C)C1.